The Morgan fingerprint density at radius 2 is 2.00 bits per heavy atom. The van der Waals surface area contributed by atoms with Crippen molar-refractivity contribution in [3.05, 3.63) is 35.4 Å². The third-order valence-corrected chi connectivity index (χ3v) is 3.03. The number of urea groups is 1. The smallest absolute Gasteiger partial charge is 0.346 e. The van der Waals surface area contributed by atoms with Gasteiger partial charge >= 0.3 is 6.03 Å². The fourth-order valence-electron chi connectivity index (χ4n) is 2.15. The van der Waals surface area contributed by atoms with Gasteiger partial charge in [0.2, 0.25) is 0 Å². The molecule has 2 rings (SSSR count). The van der Waals surface area contributed by atoms with E-state index in [0.717, 1.165) is 6.42 Å². The Hall–Kier alpha value is -1.98. The quantitative estimate of drug-likeness (QED) is 0.911. The summed E-state index contributed by atoms with van der Waals surface area (Å²) in [5.41, 5.74) is 6.41. The molecule has 0 fully saturated rings. The summed E-state index contributed by atoms with van der Waals surface area (Å²) in [6.07, 6.45) is -1.72. The van der Waals surface area contributed by atoms with Crippen molar-refractivity contribution in [2.45, 2.75) is 25.8 Å². The van der Waals surface area contributed by atoms with Gasteiger partial charge in [-0.1, -0.05) is 31.2 Å². The zero-order valence-electron chi connectivity index (χ0n) is 10.5. The molecule has 0 radical (unpaired) electrons. The zero-order valence-corrected chi connectivity index (χ0v) is 10.5. The summed E-state index contributed by atoms with van der Waals surface area (Å²) in [4.78, 5) is 17.0. The number of aliphatic imine (C=N–C) groups is 1. The molecule has 0 saturated heterocycles. The molecular formula is C13H15F2N3O. The first-order chi connectivity index (χ1) is 9.04. The highest BCUT2D eigenvalue weighted by atomic mass is 19.3. The van der Waals surface area contributed by atoms with E-state index in [9.17, 15) is 13.6 Å². The van der Waals surface area contributed by atoms with E-state index in [1.54, 1.807) is 17.0 Å². The van der Waals surface area contributed by atoms with E-state index >= 15 is 0 Å². The molecule has 2 amide bonds. The molecule has 0 aliphatic carbocycles. The van der Waals surface area contributed by atoms with E-state index < -0.39 is 12.5 Å². The molecule has 1 aliphatic rings. The van der Waals surface area contributed by atoms with E-state index in [2.05, 4.69) is 4.99 Å². The summed E-state index contributed by atoms with van der Waals surface area (Å²) in [5.74, 6) is 0.211. The van der Waals surface area contributed by atoms with Crippen LogP contribution in [0.2, 0.25) is 0 Å². The molecule has 6 heteroatoms. The average Bonchev–Trinajstić information content (AvgIpc) is 2.65. The normalized spacial score (nSPS) is 19.2. The number of amidine groups is 1. The van der Waals surface area contributed by atoms with Crippen molar-refractivity contribution in [3.8, 4) is 0 Å². The molecule has 0 bridgehead atoms. The van der Waals surface area contributed by atoms with Crippen molar-refractivity contribution in [1.29, 1.82) is 0 Å². The van der Waals surface area contributed by atoms with Gasteiger partial charge in [0.15, 0.2) is 0 Å². The molecule has 1 aromatic carbocycles. The van der Waals surface area contributed by atoms with Gasteiger partial charge in [-0.2, -0.15) is 4.99 Å². The minimum Gasteiger partial charge on any atom is -0.385 e. The molecule has 1 heterocycles. The van der Waals surface area contributed by atoms with Gasteiger partial charge in [0.25, 0.3) is 6.43 Å². The molecule has 19 heavy (non-hydrogen) atoms. The molecule has 0 aromatic heterocycles. The third-order valence-electron chi connectivity index (χ3n) is 3.03. The number of hydrogen-bond acceptors (Lipinski definition) is 2. The van der Waals surface area contributed by atoms with Crippen LogP contribution in [0.15, 0.2) is 29.3 Å². The molecule has 0 saturated carbocycles. The van der Waals surface area contributed by atoms with Crippen LogP contribution in [0.3, 0.4) is 0 Å². The Morgan fingerprint density at radius 1 is 1.37 bits per heavy atom. The third kappa shape index (κ3) is 2.57. The largest absolute Gasteiger partial charge is 0.385 e. The zero-order chi connectivity index (χ0) is 14.0. The second-order valence-corrected chi connectivity index (χ2v) is 4.38. The lowest BCUT2D eigenvalue weighted by molar-refractivity contribution is 0.151. The Labute approximate surface area is 109 Å². The summed E-state index contributed by atoms with van der Waals surface area (Å²) in [6, 6.07) is 5.01. The lowest BCUT2D eigenvalue weighted by Crippen LogP contribution is -2.33. The molecule has 1 aliphatic heterocycles. The highest BCUT2D eigenvalue weighted by Crippen LogP contribution is 2.28. The number of carbonyl (C=O) groups is 1. The van der Waals surface area contributed by atoms with Crippen LogP contribution in [0.4, 0.5) is 13.6 Å². The SMILES string of the molecule is CCCN1C(=O)N=C(N)C1c1ccc(C(F)F)cc1. The van der Waals surface area contributed by atoms with Gasteiger partial charge in [-0.25, -0.2) is 13.6 Å². The van der Waals surface area contributed by atoms with E-state index in [-0.39, 0.29) is 17.4 Å². The van der Waals surface area contributed by atoms with Crippen molar-refractivity contribution in [2.24, 2.45) is 10.7 Å². The monoisotopic (exact) mass is 267 g/mol. The average molecular weight is 267 g/mol. The Bertz CT molecular complexity index is 499. The van der Waals surface area contributed by atoms with Crippen LogP contribution in [0, 0.1) is 0 Å². The topological polar surface area (TPSA) is 58.7 Å². The van der Waals surface area contributed by atoms with Gasteiger partial charge in [-0.15, -0.1) is 0 Å². The number of rotatable bonds is 4. The van der Waals surface area contributed by atoms with Gasteiger partial charge in [-0.05, 0) is 12.0 Å². The second kappa shape index (κ2) is 5.34. The lowest BCUT2D eigenvalue weighted by atomic mass is 10.0. The van der Waals surface area contributed by atoms with Crippen LogP contribution in [-0.2, 0) is 0 Å². The summed E-state index contributed by atoms with van der Waals surface area (Å²) in [5, 5.41) is 0. The predicted molar refractivity (Wildman–Crippen MR) is 68.2 cm³/mol. The predicted octanol–water partition coefficient (Wildman–Crippen LogP) is 2.87. The minimum absolute atomic E-state index is 0.0503. The highest BCUT2D eigenvalue weighted by Gasteiger charge is 2.33. The number of nitrogens with zero attached hydrogens (tertiary/aromatic N) is 2. The number of amides is 2. The second-order valence-electron chi connectivity index (χ2n) is 4.38. The molecule has 0 spiro atoms. The molecule has 1 atom stereocenters. The molecule has 102 valence electrons. The van der Waals surface area contributed by atoms with Crippen LogP contribution in [-0.4, -0.2) is 23.3 Å². The van der Waals surface area contributed by atoms with Crippen LogP contribution >= 0.6 is 0 Å². The number of alkyl halides is 2. The first-order valence-electron chi connectivity index (χ1n) is 6.07. The maximum Gasteiger partial charge on any atom is 0.346 e. The standard InChI is InChI=1S/C13H15F2N3O/c1-2-7-18-10(12(16)17-13(18)19)8-3-5-9(6-4-8)11(14)15/h3-6,10-11H,2,7H2,1H3,(H2,16,17,19). The molecule has 1 unspecified atom stereocenters. The van der Waals surface area contributed by atoms with E-state index in [0.29, 0.717) is 12.1 Å². The van der Waals surface area contributed by atoms with E-state index in [1.165, 1.54) is 12.1 Å². The van der Waals surface area contributed by atoms with Crippen LogP contribution in [0.5, 0.6) is 0 Å². The van der Waals surface area contributed by atoms with Crippen LogP contribution in [0.25, 0.3) is 0 Å². The van der Waals surface area contributed by atoms with Gasteiger partial charge < -0.3 is 10.6 Å². The lowest BCUT2D eigenvalue weighted by Gasteiger charge is -2.24. The van der Waals surface area contributed by atoms with Crippen LogP contribution < -0.4 is 5.73 Å². The van der Waals surface area contributed by atoms with Gasteiger partial charge in [0, 0.05) is 12.1 Å². The Kier molecular flexibility index (Phi) is 3.78. The van der Waals surface area contributed by atoms with E-state index in [4.69, 9.17) is 5.73 Å². The van der Waals surface area contributed by atoms with Gasteiger partial charge in [0.05, 0.1) is 0 Å². The minimum atomic E-state index is -2.50. The number of nitrogens with two attached hydrogens (primary N) is 1. The van der Waals surface area contributed by atoms with Crippen molar-refractivity contribution in [3.63, 3.8) is 0 Å². The van der Waals surface area contributed by atoms with Gasteiger partial charge in [-0.3, -0.25) is 0 Å². The summed E-state index contributed by atoms with van der Waals surface area (Å²) in [7, 11) is 0. The number of benzene rings is 1. The Morgan fingerprint density at radius 3 is 2.53 bits per heavy atom. The molecular weight excluding hydrogens is 252 g/mol. The summed E-state index contributed by atoms with van der Waals surface area (Å²) >= 11 is 0. The van der Waals surface area contributed by atoms with Crippen LogP contribution in [0.1, 0.15) is 36.9 Å². The fourth-order valence-corrected chi connectivity index (χ4v) is 2.15. The van der Waals surface area contributed by atoms with E-state index in [1.807, 2.05) is 6.92 Å². The first-order valence-corrected chi connectivity index (χ1v) is 6.07. The molecule has 2 N–H and O–H groups in total. The molecule has 4 nitrogen and oxygen atoms in total. The van der Waals surface area contributed by atoms with Gasteiger partial charge in [0.1, 0.15) is 11.9 Å². The highest BCUT2D eigenvalue weighted by molar-refractivity contribution is 6.03. The Balaban J connectivity index is 2.28. The maximum atomic E-state index is 12.5. The maximum absolute atomic E-state index is 12.5. The van der Waals surface area contributed by atoms with Crippen molar-refractivity contribution < 1.29 is 13.6 Å². The summed E-state index contributed by atoms with van der Waals surface area (Å²) in [6.45, 7) is 2.48. The van der Waals surface area contributed by atoms with Crippen molar-refractivity contribution in [2.75, 3.05) is 6.54 Å². The fraction of sp³-hybridized carbons (Fsp3) is 0.385. The van der Waals surface area contributed by atoms with Crippen molar-refractivity contribution in [1.82, 2.24) is 4.90 Å². The first kappa shape index (κ1) is 13.5. The number of halogens is 2. The number of carbonyl (C=O) groups excluding carboxylic acids is 1. The summed E-state index contributed by atoms with van der Waals surface area (Å²) < 4.78 is 25.0. The van der Waals surface area contributed by atoms with Crippen molar-refractivity contribution >= 4 is 11.9 Å². The number of hydrogen-bond donors (Lipinski definition) is 1. The molecule has 1 aromatic rings.